The van der Waals surface area contributed by atoms with Crippen LogP contribution in [0.2, 0.25) is 0 Å². The second kappa shape index (κ2) is 5.72. The molecule has 0 spiro atoms. The van der Waals surface area contributed by atoms with E-state index < -0.39 is 0 Å². The highest BCUT2D eigenvalue weighted by molar-refractivity contribution is 6.20. The third-order valence-electron chi connectivity index (χ3n) is 3.55. The van der Waals surface area contributed by atoms with Crippen molar-refractivity contribution in [2.24, 2.45) is 5.92 Å². The summed E-state index contributed by atoms with van der Waals surface area (Å²) in [4.78, 5) is 0. The van der Waals surface area contributed by atoms with Crippen molar-refractivity contribution >= 4 is 11.6 Å². The van der Waals surface area contributed by atoms with E-state index >= 15 is 0 Å². The summed E-state index contributed by atoms with van der Waals surface area (Å²) >= 11 is 6.35. The molecule has 0 heterocycles. The van der Waals surface area contributed by atoms with Gasteiger partial charge in [-0.05, 0) is 30.0 Å². The lowest BCUT2D eigenvalue weighted by atomic mass is 9.97. The van der Waals surface area contributed by atoms with E-state index in [-0.39, 0.29) is 16.9 Å². The first-order valence-electron chi connectivity index (χ1n) is 6.18. The standard InChI is InChI=1S/C14H18ClFO/c1-17-14-7-6-11(9-13(14)16)12(15)8-10-4-2-3-5-10/h6-7,9-10,12H,2-5,8H2,1H3. The van der Waals surface area contributed by atoms with Gasteiger partial charge in [0.15, 0.2) is 11.6 Å². The number of methoxy groups -OCH3 is 1. The maximum atomic E-state index is 13.5. The van der Waals surface area contributed by atoms with E-state index in [1.54, 1.807) is 6.07 Å². The smallest absolute Gasteiger partial charge is 0.165 e. The van der Waals surface area contributed by atoms with Crippen LogP contribution >= 0.6 is 11.6 Å². The van der Waals surface area contributed by atoms with E-state index in [2.05, 4.69) is 0 Å². The average Bonchev–Trinajstić information content (AvgIpc) is 2.81. The van der Waals surface area contributed by atoms with E-state index in [1.165, 1.54) is 38.9 Å². The fraction of sp³-hybridized carbons (Fsp3) is 0.571. The molecule has 0 aromatic heterocycles. The van der Waals surface area contributed by atoms with Gasteiger partial charge >= 0.3 is 0 Å². The van der Waals surface area contributed by atoms with Crippen LogP contribution in [0.25, 0.3) is 0 Å². The molecule has 1 saturated carbocycles. The fourth-order valence-electron chi connectivity index (χ4n) is 2.55. The maximum absolute atomic E-state index is 13.5. The highest BCUT2D eigenvalue weighted by Crippen LogP contribution is 2.36. The van der Waals surface area contributed by atoms with Crippen molar-refractivity contribution < 1.29 is 9.13 Å². The van der Waals surface area contributed by atoms with Crippen LogP contribution in [-0.4, -0.2) is 7.11 Å². The number of benzene rings is 1. The van der Waals surface area contributed by atoms with Crippen LogP contribution in [0.4, 0.5) is 4.39 Å². The van der Waals surface area contributed by atoms with Crippen molar-refractivity contribution in [2.75, 3.05) is 7.11 Å². The van der Waals surface area contributed by atoms with E-state index in [9.17, 15) is 4.39 Å². The second-order valence-electron chi connectivity index (χ2n) is 4.75. The third-order valence-corrected chi connectivity index (χ3v) is 3.98. The minimum Gasteiger partial charge on any atom is -0.494 e. The molecule has 0 N–H and O–H groups in total. The molecule has 1 aliphatic rings. The quantitative estimate of drug-likeness (QED) is 0.710. The van der Waals surface area contributed by atoms with Gasteiger partial charge in [-0.15, -0.1) is 11.6 Å². The Morgan fingerprint density at radius 1 is 1.41 bits per heavy atom. The number of hydrogen-bond donors (Lipinski definition) is 0. The van der Waals surface area contributed by atoms with Crippen molar-refractivity contribution in [1.29, 1.82) is 0 Å². The van der Waals surface area contributed by atoms with Crippen LogP contribution < -0.4 is 4.74 Å². The number of rotatable bonds is 4. The average molecular weight is 257 g/mol. The van der Waals surface area contributed by atoms with Gasteiger partial charge in [0.1, 0.15) is 0 Å². The number of ether oxygens (including phenoxy) is 1. The molecule has 1 nitrogen and oxygen atoms in total. The van der Waals surface area contributed by atoms with Gasteiger partial charge in [-0.3, -0.25) is 0 Å². The molecule has 1 aliphatic carbocycles. The molecule has 1 fully saturated rings. The van der Waals surface area contributed by atoms with Gasteiger partial charge in [-0.1, -0.05) is 31.7 Å². The van der Waals surface area contributed by atoms with Crippen LogP contribution in [0.15, 0.2) is 18.2 Å². The van der Waals surface area contributed by atoms with E-state index in [0.717, 1.165) is 12.0 Å². The number of hydrogen-bond acceptors (Lipinski definition) is 1. The van der Waals surface area contributed by atoms with Gasteiger partial charge in [-0.25, -0.2) is 4.39 Å². The molecule has 2 rings (SSSR count). The van der Waals surface area contributed by atoms with E-state index in [4.69, 9.17) is 16.3 Å². The minimum absolute atomic E-state index is 0.0847. The first kappa shape index (κ1) is 12.7. The zero-order valence-corrected chi connectivity index (χ0v) is 10.8. The molecule has 0 radical (unpaired) electrons. The molecule has 0 bridgehead atoms. The van der Waals surface area contributed by atoms with E-state index in [0.29, 0.717) is 5.92 Å². The van der Waals surface area contributed by atoms with Crippen molar-refractivity contribution in [3.8, 4) is 5.75 Å². The molecule has 94 valence electrons. The van der Waals surface area contributed by atoms with Crippen LogP contribution in [0.5, 0.6) is 5.75 Å². The summed E-state index contributed by atoms with van der Waals surface area (Å²) in [7, 11) is 1.47. The van der Waals surface area contributed by atoms with Crippen LogP contribution in [-0.2, 0) is 0 Å². The van der Waals surface area contributed by atoms with E-state index in [1.807, 2.05) is 6.07 Å². The molecule has 17 heavy (non-hydrogen) atoms. The van der Waals surface area contributed by atoms with Gasteiger partial charge in [0.25, 0.3) is 0 Å². The number of alkyl halides is 1. The Hall–Kier alpha value is -0.760. The fourth-order valence-corrected chi connectivity index (χ4v) is 2.94. The summed E-state index contributed by atoms with van der Waals surface area (Å²) in [6.07, 6.45) is 6.10. The zero-order chi connectivity index (χ0) is 12.3. The summed E-state index contributed by atoms with van der Waals surface area (Å²) in [5, 5.41) is -0.0847. The lowest BCUT2D eigenvalue weighted by Gasteiger charge is -2.15. The monoisotopic (exact) mass is 256 g/mol. The SMILES string of the molecule is COc1ccc(C(Cl)CC2CCCC2)cc1F. The first-order valence-corrected chi connectivity index (χ1v) is 6.62. The zero-order valence-electron chi connectivity index (χ0n) is 10.1. The Morgan fingerprint density at radius 2 is 2.12 bits per heavy atom. The molecule has 3 heteroatoms. The molecule has 1 unspecified atom stereocenters. The predicted molar refractivity (Wildman–Crippen MR) is 68.1 cm³/mol. The van der Waals surface area contributed by atoms with Crippen LogP contribution in [0.3, 0.4) is 0 Å². The lowest BCUT2D eigenvalue weighted by molar-refractivity contribution is 0.386. The predicted octanol–water partition coefficient (Wildman–Crippen LogP) is 4.69. The molecular formula is C14H18ClFO. The molecule has 0 amide bonds. The Bertz CT molecular complexity index is 374. The lowest BCUT2D eigenvalue weighted by Crippen LogP contribution is -2.00. The normalized spacial score (nSPS) is 18.3. The highest BCUT2D eigenvalue weighted by atomic mass is 35.5. The minimum atomic E-state index is -0.331. The second-order valence-corrected chi connectivity index (χ2v) is 5.27. The van der Waals surface area contributed by atoms with Gasteiger partial charge in [-0.2, -0.15) is 0 Å². The Morgan fingerprint density at radius 3 is 2.71 bits per heavy atom. The highest BCUT2D eigenvalue weighted by Gasteiger charge is 2.20. The van der Waals surface area contributed by atoms with Crippen molar-refractivity contribution in [3.05, 3.63) is 29.6 Å². The molecule has 1 aromatic carbocycles. The van der Waals surface area contributed by atoms with Gasteiger partial charge in [0, 0.05) is 0 Å². The van der Waals surface area contributed by atoms with Gasteiger partial charge in [0.05, 0.1) is 12.5 Å². The first-order chi connectivity index (χ1) is 8.20. The van der Waals surface area contributed by atoms with Crippen molar-refractivity contribution in [1.82, 2.24) is 0 Å². The topological polar surface area (TPSA) is 9.23 Å². The molecular weight excluding hydrogens is 239 g/mol. The Labute approximate surface area is 107 Å². The van der Waals surface area contributed by atoms with Crippen LogP contribution in [0, 0.1) is 11.7 Å². The van der Waals surface area contributed by atoms with Gasteiger partial charge in [0.2, 0.25) is 0 Å². The number of halogens is 2. The summed E-state index contributed by atoms with van der Waals surface area (Å²) in [5.41, 5.74) is 0.858. The Kier molecular flexibility index (Phi) is 4.27. The molecule has 0 saturated heterocycles. The molecule has 1 aromatic rings. The van der Waals surface area contributed by atoms with Crippen LogP contribution in [0.1, 0.15) is 43.0 Å². The summed E-state index contributed by atoms with van der Waals surface area (Å²) in [6, 6.07) is 4.99. The van der Waals surface area contributed by atoms with Crippen molar-refractivity contribution in [3.63, 3.8) is 0 Å². The van der Waals surface area contributed by atoms with Crippen molar-refractivity contribution in [2.45, 2.75) is 37.5 Å². The largest absolute Gasteiger partial charge is 0.494 e. The molecule has 1 atom stereocenters. The Balaban J connectivity index is 2.02. The summed E-state index contributed by atoms with van der Waals surface area (Å²) in [5.74, 6) is 0.656. The summed E-state index contributed by atoms with van der Waals surface area (Å²) < 4.78 is 18.4. The molecule has 0 aliphatic heterocycles. The third kappa shape index (κ3) is 3.12. The summed E-state index contributed by atoms with van der Waals surface area (Å²) in [6.45, 7) is 0. The maximum Gasteiger partial charge on any atom is 0.165 e. The van der Waals surface area contributed by atoms with Gasteiger partial charge < -0.3 is 4.74 Å².